The number of piperidine rings is 1. The van der Waals surface area contributed by atoms with Crippen LogP contribution in [-0.4, -0.2) is 47.5 Å². The van der Waals surface area contributed by atoms with Crippen LogP contribution in [0.1, 0.15) is 12.8 Å². The molecule has 3 aliphatic rings. The molecule has 1 N–H and O–H groups in total. The van der Waals surface area contributed by atoms with E-state index in [4.69, 9.17) is 0 Å². The van der Waals surface area contributed by atoms with Gasteiger partial charge in [-0.15, -0.1) is 0 Å². The van der Waals surface area contributed by atoms with Crippen molar-refractivity contribution in [1.29, 1.82) is 0 Å². The first-order valence-electron chi connectivity index (χ1n) is 5.47. The van der Waals surface area contributed by atoms with E-state index in [9.17, 15) is 4.79 Å². The maximum absolute atomic E-state index is 12.0. The van der Waals surface area contributed by atoms with Crippen LogP contribution < -0.4 is 5.32 Å². The zero-order valence-electron chi connectivity index (χ0n) is 8.24. The second-order valence-corrected chi connectivity index (χ2v) is 5.72. The molecule has 3 fully saturated rings. The van der Waals surface area contributed by atoms with Crippen LogP contribution in [0.15, 0.2) is 0 Å². The zero-order chi connectivity index (χ0) is 9.54. The second kappa shape index (κ2) is 3.42. The third-order valence-corrected chi connectivity index (χ3v) is 4.44. The Morgan fingerprint density at radius 3 is 2.71 bits per heavy atom. The molecule has 0 spiro atoms. The first kappa shape index (κ1) is 9.04. The van der Waals surface area contributed by atoms with E-state index in [-0.39, 0.29) is 6.04 Å². The van der Waals surface area contributed by atoms with E-state index < -0.39 is 0 Å². The predicted octanol–water partition coefficient (Wildman–Crippen LogP) is 0.312. The van der Waals surface area contributed by atoms with E-state index in [0.717, 1.165) is 36.9 Å². The molecule has 2 saturated heterocycles. The van der Waals surface area contributed by atoms with Crippen molar-refractivity contribution in [3.05, 3.63) is 0 Å². The number of nitrogens with zero attached hydrogens (tertiary/aromatic N) is 1. The maximum atomic E-state index is 12.0. The average Bonchev–Trinajstić information content (AvgIpc) is 2.86. The van der Waals surface area contributed by atoms with Gasteiger partial charge in [0.05, 0.1) is 6.04 Å². The first-order chi connectivity index (χ1) is 6.84. The molecule has 0 radical (unpaired) electrons. The molecule has 3 rings (SSSR count). The summed E-state index contributed by atoms with van der Waals surface area (Å²) >= 11 is 1.95. The normalized spacial score (nSPS) is 40.9. The Kier molecular flexibility index (Phi) is 2.21. The van der Waals surface area contributed by atoms with Gasteiger partial charge in [-0.05, 0) is 18.8 Å². The molecule has 0 bridgehead atoms. The van der Waals surface area contributed by atoms with Crippen molar-refractivity contribution < 1.29 is 4.79 Å². The lowest BCUT2D eigenvalue weighted by Crippen LogP contribution is -2.47. The highest BCUT2D eigenvalue weighted by molar-refractivity contribution is 7.99. The summed E-state index contributed by atoms with van der Waals surface area (Å²) < 4.78 is 0. The van der Waals surface area contributed by atoms with Crippen LogP contribution in [0.25, 0.3) is 0 Å². The quantitative estimate of drug-likeness (QED) is 0.679. The van der Waals surface area contributed by atoms with Gasteiger partial charge in [-0.3, -0.25) is 4.79 Å². The van der Waals surface area contributed by atoms with Gasteiger partial charge in [-0.1, -0.05) is 0 Å². The largest absolute Gasteiger partial charge is 0.340 e. The minimum absolute atomic E-state index is 0.154. The monoisotopic (exact) mass is 212 g/mol. The molecule has 0 aromatic carbocycles. The lowest BCUT2D eigenvalue weighted by atomic mass is 10.1. The summed E-state index contributed by atoms with van der Waals surface area (Å²) in [4.78, 5) is 14.1. The van der Waals surface area contributed by atoms with Gasteiger partial charge in [0.15, 0.2) is 0 Å². The van der Waals surface area contributed by atoms with Crippen LogP contribution in [-0.2, 0) is 4.79 Å². The number of amides is 1. The molecule has 0 aromatic heterocycles. The minimum Gasteiger partial charge on any atom is -0.340 e. The summed E-state index contributed by atoms with van der Waals surface area (Å²) in [7, 11) is 0. The molecule has 78 valence electrons. The van der Waals surface area contributed by atoms with Gasteiger partial charge in [0.25, 0.3) is 0 Å². The molecular formula is C10H16N2OS. The van der Waals surface area contributed by atoms with E-state index in [1.807, 2.05) is 16.7 Å². The van der Waals surface area contributed by atoms with Gasteiger partial charge in [0.1, 0.15) is 0 Å². The Morgan fingerprint density at radius 2 is 2.07 bits per heavy atom. The summed E-state index contributed by atoms with van der Waals surface area (Å²) in [6.07, 6.45) is 2.40. The van der Waals surface area contributed by atoms with Crippen LogP contribution in [0.2, 0.25) is 0 Å². The molecule has 0 aromatic rings. The molecule has 4 heteroatoms. The van der Waals surface area contributed by atoms with E-state index in [1.165, 1.54) is 6.42 Å². The number of thioether (sulfide) groups is 1. The van der Waals surface area contributed by atoms with Crippen molar-refractivity contribution >= 4 is 17.7 Å². The molecule has 2 heterocycles. The van der Waals surface area contributed by atoms with Crippen LogP contribution in [0, 0.1) is 5.92 Å². The summed E-state index contributed by atoms with van der Waals surface area (Å²) in [5, 5.41) is 3.43. The fourth-order valence-corrected chi connectivity index (χ4v) is 3.42. The van der Waals surface area contributed by atoms with Crippen LogP contribution in [0.5, 0.6) is 0 Å². The van der Waals surface area contributed by atoms with Gasteiger partial charge in [0, 0.05) is 30.6 Å². The highest BCUT2D eigenvalue weighted by Gasteiger charge is 2.48. The van der Waals surface area contributed by atoms with Gasteiger partial charge in [-0.25, -0.2) is 0 Å². The standard InChI is InChI=1S/C10H16N2OS/c13-10(12-1-3-14-4-2-12)9-6-7-5-8(7)11-9/h7-9,11H,1-6H2/t7-,8-,9+/m1/s1. The molecule has 1 amide bonds. The highest BCUT2D eigenvalue weighted by Crippen LogP contribution is 2.41. The van der Waals surface area contributed by atoms with E-state index in [1.54, 1.807) is 0 Å². The number of nitrogens with one attached hydrogen (secondary N) is 1. The van der Waals surface area contributed by atoms with Crippen molar-refractivity contribution in [2.75, 3.05) is 24.6 Å². The number of rotatable bonds is 1. The summed E-state index contributed by atoms with van der Waals surface area (Å²) in [5.74, 6) is 3.41. The van der Waals surface area contributed by atoms with E-state index in [0.29, 0.717) is 11.9 Å². The first-order valence-corrected chi connectivity index (χ1v) is 6.62. The summed E-state index contributed by atoms with van der Waals surface area (Å²) in [6.45, 7) is 1.91. The SMILES string of the molecule is O=C([C@@H]1C[C@H]2C[C@H]2N1)N1CCSCC1. The van der Waals surface area contributed by atoms with E-state index >= 15 is 0 Å². The Bertz CT molecular complexity index is 239. The van der Waals surface area contributed by atoms with Crippen molar-refractivity contribution in [2.24, 2.45) is 5.92 Å². The molecule has 1 aliphatic carbocycles. The topological polar surface area (TPSA) is 32.3 Å². The van der Waals surface area contributed by atoms with Gasteiger partial charge < -0.3 is 10.2 Å². The fourth-order valence-electron chi connectivity index (χ4n) is 2.52. The van der Waals surface area contributed by atoms with Crippen molar-refractivity contribution in [3.63, 3.8) is 0 Å². The molecule has 1 saturated carbocycles. The third-order valence-electron chi connectivity index (χ3n) is 3.50. The minimum atomic E-state index is 0.154. The Labute approximate surface area is 88.6 Å². The van der Waals surface area contributed by atoms with Gasteiger partial charge in [0.2, 0.25) is 5.91 Å². The maximum Gasteiger partial charge on any atom is 0.239 e. The Morgan fingerprint density at radius 1 is 1.29 bits per heavy atom. The van der Waals surface area contributed by atoms with E-state index in [2.05, 4.69) is 5.32 Å². The third kappa shape index (κ3) is 1.54. The van der Waals surface area contributed by atoms with Crippen LogP contribution in [0.3, 0.4) is 0 Å². The van der Waals surface area contributed by atoms with Crippen molar-refractivity contribution in [1.82, 2.24) is 10.2 Å². The lowest BCUT2D eigenvalue weighted by molar-refractivity contribution is -0.132. The fraction of sp³-hybridized carbons (Fsp3) is 0.900. The molecule has 3 atom stereocenters. The van der Waals surface area contributed by atoms with Crippen molar-refractivity contribution in [3.8, 4) is 0 Å². The van der Waals surface area contributed by atoms with Gasteiger partial charge in [-0.2, -0.15) is 11.8 Å². The smallest absolute Gasteiger partial charge is 0.239 e. The number of fused-ring (bicyclic) bond motifs is 1. The molecular weight excluding hydrogens is 196 g/mol. The van der Waals surface area contributed by atoms with Crippen LogP contribution >= 0.6 is 11.8 Å². The van der Waals surface area contributed by atoms with Crippen molar-refractivity contribution in [2.45, 2.75) is 24.9 Å². The highest BCUT2D eigenvalue weighted by atomic mass is 32.2. The predicted molar refractivity (Wildman–Crippen MR) is 57.3 cm³/mol. The molecule has 2 aliphatic heterocycles. The van der Waals surface area contributed by atoms with Gasteiger partial charge >= 0.3 is 0 Å². The Balaban J connectivity index is 1.58. The zero-order valence-corrected chi connectivity index (χ0v) is 9.05. The summed E-state index contributed by atoms with van der Waals surface area (Å²) in [6, 6.07) is 0.838. The Hall–Kier alpha value is -0.220. The van der Waals surface area contributed by atoms with Crippen LogP contribution in [0.4, 0.5) is 0 Å². The number of carbonyl (C=O) groups excluding carboxylic acids is 1. The lowest BCUT2D eigenvalue weighted by Gasteiger charge is -2.29. The number of hydrogen-bond acceptors (Lipinski definition) is 3. The molecule has 0 unspecified atom stereocenters. The molecule has 3 nitrogen and oxygen atoms in total. The second-order valence-electron chi connectivity index (χ2n) is 4.49. The average molecular weight is 212 g/mol. The number of hydrogen-bond donors (Lipinski definition) is 1. The molecule has 14 heavy (non-hydrogen) atoms. The summed E-state index contributed by atoms with van der Waals surface area (Å²) in [5.41, 5.74) is 0. The number of carbonyl (C=O) groups is 1.